The maximum absolute atomic E-state index is 11.1. The summed E-state index contributed by atoms with van der Waals surface area (Å²) < 4.78 is 0. The third-order valence-corrected chi connectivity index (χ3v) is 3.60. The fraction of sp³-hybridized carbons (Fsp3) is 0.923. The molecule has 1 saturated carbocycles. The fourth-order valence-electron chi connectivity index (χ4n) is 2.16. The van der Waals surface area contributed by atoms with E-state index in [1.807, 2.05) is 13.8 Å². The van der Waals surface area contributed by atoms with Gasteiger partial charge in [-0.05, 0) is 39.2 Å². The van der Waals surface area contributed by atoms with Crippen molar-refractivity contribution >= 4 is 5.97 Å². The van der Waals surface area contributed by atoms with Gasteiger partial charge in [-0.3, -0.25) is 4.79 Å². The summed E-state index contributed by atoms with van der Waals surface area (Å²) in [5.74, 6) is 0.0903. The Morgan fingerprint density at radius 2 is 2.00 bits per heavy atom. The standard InChI is InChI=1S/C13H26N2O2/c1-9(2)14-12(13(16)17)7-8-15(4)10(3)11-5-6-11/h9-12,14H,5-8H2,1-4H3,(H,16,17). The smallest absolute Gasteiger partial charge is 0.320 e. The molecule has 0 saturated heterocycles. The molecule has 2 unspecified atom stereocenters. The van der Waals surface area contributed by atoms with Crippen LogP contribution >= 0.6 is 0 Å². The zero-order chi connectivity index (χ0) is 13.0. The molecule has 0 bridgehead atoms. The molecule has 0 aromatic heterocycles. The molecule has 2 N–H and O–H groups in total. The Labute approximate surface area is 104 Å². The molecule has 2 atom stereocenters. The number of nitrogens with zero attached hydrogens (tertiary/aromatic N) is 1. The Bertz CT molecular complexity index is 252. The Kier molecular flexibility index (Phi) is 5.40. The van der Waals surface area contributed by atoms with E-state index in [9.17, 15) is 4.79 Å². The van der Waals surface area contributed by atoms with Gasteiger partial charge in [-0.25, -0.2) is 0 Å². The number of carboxylic acid groups (broad SMARTS) is 1. The highest BCUT2D eigenvalue weighted by molar-refractivity contribution is 5.73. The highest BCUT2D eigenvalue weighted by Gasteiger charge is 2.30. The second-order valence-electron chi connectivity index (χ2n) is 5.56. The lowest BCUT2D eigenvalue weighted by Gasteiger charge is -2.26. The van der Waals surface area contributed by atoms with Crippen LogP contribution in [0.15, 0.2) is 0 Å². The molecule has 0 aromatic carbocycles. The number of hydrogen-bond acceptors (Lipinski definition) is 3. The van der Waals surface area contributed by atoms with E-state index >= 15 is 0 Å². The Hall–Kier alpha value is -0.610. The summed E-state index contributed by atoms with van der Waals surface area (Å²) in [5, 5.41) is 12.2. The molecule has 1 fully saturated rings. The minimum absolute atomic E-state index is 0.210. The summed E-state index contributed by atoms with van der Waals surface area (Å²) in [6, 6.07) is 0.370. The predicted molar refractivity (Wildman–Crippen MR) is 69.1 cm³/mol. The van der Waals surface area contributed by atoms with Gasteiger partial charge in [0.25, 0.3) is 0 Å². The van der Waals surface area contributed by atoms with Crippen molar-refractivity contribution < 1.29 is 9.90 Å². The molecule has 17 heavy (non-hydrogen) atoms. The summed E-state index contributed by atoms with van der Waals surface area (Å²) >= 11 is 0. The second kappa shape index (κ2) is 6.36. The first-order valence-electron chi connectivity index (χ1n) is 6.61. The minimum atomic E-state index is -0.744. The first-order chi connectivity index (χ1) is 7.91. The molecule has 4 nitrogen and oxygen atoms in total. The van der Waals surface area contributed by atoms with Crippen molar-refractivity contribution in [3.05, 3.63) is 0 Å². The molecule has 1 rings (SSSR count). The minimum Gasteiger partial charge on any atom is -0.480 e. The van der Waals surface area contributed by atoms with E-state index in [0.29, 0.717) is 12.5 Å². The highest BCUT2D eigenvalue weighted by atomic mass is 16.4. The van der Waals surface area contributed by atoms with E-state index in [-0.39, 0.29) is 6.04 Å². The van der Waals surface area contributed by atoms with Gasteiger partial charge in [0.2, 0.25) is 0 Å². The van der Waals surface area contributed by atoms with E-state index < -0.39 is 12.0 Å². The van der Waals surface area contributed by atoms with Gasteiger partial charge >= 0.3 is 5.97 Å². The van der Waals surface area contributed by atoms with Crippen molar-refractivity contribution in [2.75, 3.05) is 13.6 Å². The number of aliphatic carboxylic acids is 1. The van der Waals surface area contributed by atoms with Gasteiger partial charge in [-0.2, -0.15) is 0 Å². The Morgan fingerprint density at radius 1 is 1.41 bits per heavy atom. The lowest BCUT2D eigenvalue weighted by atomic mass is 10.1. The van der Waals surface area contributed by atoms with Gasteiger partial charge in [0.05, 0.1) is 0 Å². The largest absolute Gasteiger partial charge is 0.480 e. The SMILES string of the molecule is CC(C)NC(CCN(C)C(C)C1CC1)C(=O)O. The van der Waals surface area contributed by atoms with Crippen molar-refractivity contribution in [2.24, 2.45) is 5.92 Å². The monoisotopic (exact) mass is 242 g/mol. The molecule has 1 aliphatic rings. The second-order valence-corrected chi connectivity index (χ2v) is 5.56. The van der Waals surface area contributed by atoms with Gasteiger partial charge in [-0.1, -0.05) is 13.8 Å². The van der Waals surface area contributed by atoms with Crippen molar-refractivity contribution in [3.8, 4) is 0 Å². The van der Waals surface area contributed by atoms with Crippen LogP contribution in [0.1, 0.15) is 40.0 Å². The summed E-state index contributed by atoms with van der Waals surface area (Å²) in [6.07, 6.45) is 3.33. The van der Waals surface area contributed by atoms with Crippen LogP contribution < -0.4 is 5.32 Å². The average Bonchev–Trinajstić information content (AvgIpc) is 3.05. The van der Waals surface area contributed by atoms with Crippen LogP contribution in [0, 0.1) is 5.92 Å². The van der Waals surface area contributed by atoms with Crippen LogP contribution in [0.25, 0.3) is 0 Å². The lowest BCUT2D eigenvalue weighted by molar-refractivity contribution is -0.140. The maximum atomic E-state index is 11.1. The molecular weight excluding hydrogens is 216 g/mol. The fourth-order valence-corrected chi connectivity index (χ4v) is 2.16. The van der Waals surface area contributed by atoms with Crippen LogP contribution in [0.2, 0.25) is 0 Å². The topological polar surface area (TPSA) is 52.6 Å². The molecule has 0 aliphatic heterocycles. The van der Waals surface area contributed by atoms with E-state index in [0.717, 1.165) is 12.5 Å². The van der Waals surface area contributed by atoms with Crippen molar-refractivity contribution in [3.63, 3.8) is 0 Å². The molecule has 100 valence electrons. The van der Waals surface area contributed by atoms with Crippen LogP contribution in [-0.4, -0.2) is 47.7 Å². The molecule has 4 heteroatoms. The van der Waals surface area contributed by atoms with Gasteiger partial charge in [0.1, 0.15) is 6.04 Å². The maximum Gasteiger partial charge on any atom is 0.320 e. The number of rotatable bonds is 8. The number of carbonyl (C=O) groups is 1. The Morgan fingerprint density at radius 3 is 2.41 bits per heavy atom. The van der Waals surface area contributed by atoms with Crippen LogP contribution in [0.4, 0.5) is 0 Å². The summed E-state index contributed by atoms with van der Waals surface area (Å²) in [7, 11) is 2.09. The van der Waals surface area contributed by atoms with Crippen LogP contribution in [-0.2, 0) is 4.79 Å². The Balaban J connectivity index is 2.32. The van der Waals surface area contributed by atoms with E-state index in [1.165, 1.54) is 12.8 Å². The molecule has 0 radical (unpaired) electrons. The summed E-state index contributed by atoms with van der Waals surface area (Å²) in [4.78, 5) is 13.4. The molecule has 0 spiro atoms. The van der Waals surface area contributed by atoms with E-state index in [4.69, 9.17) is 5.11 Å². The zero-order valence-electron chi connectivity index (χ0n) is 11.4. The van der Waals surface area contributed by atoms with Crippen LogP contribution in [0.5, 0.6) is 0 Å². The summed E-state index contributed by atoms with van der Waals surface area (Å²) in [5.41, 5.74) is 0. The number of carboxylic acids is 1. The van der Waals surface area contributed by atoms with Crippen molar-refractivity contribution in [1.29, 1.82) is 0 Å². The molecule has 0 aromatic rings. The third kappa shape index (κ3) is 5.04. The lowest BCUT2D eigenvalue weighted by Crippen LogP contribution is -2.43. The van der Waals surface area contributed by atoms with Gasteiger partial charge in [0.15, 0.2) is 0 Å². The molecular formula is C13H26N2O2. The highest BCUT2D eigenvalue weighted by Crippen LogP contribution is 2.34. The van der Waals surface area contributed by atoms with Crippen LogP contribution in [0.3, 0.4) is 0 Å². The molecule has 1 aliphatic carbocycles. The first kappa shape index (κ1) is 14.5. The zero-order valence-corrected chi connectivity index (χ0v) is 11.4. The van der Waals surface area contributed by atoms with Gasteiger partial charge < -0.3 is 15.3 Å². The quantitative estimate of drug-likeness (QED) is 0.678. The van der Waals surface area contributed by atoms with E-state index in [2.05, 4.69) is 24.2 Å². The predicted octanol–water partition coefficient (Wildman–Crippen LogP) is 1.56. The third-order valence-electron chi connectivity index (χ3n) is 3.60. The average molecular weight is 242 g/mol. The number of hydrogen-bond donors (Lipinski definition) is 2. The first-order valence-corrected chi connectivity index (χ1v) is 6.61. The van der Waals surface area contributed by atoms with Crippen molar-refractivity contribution in [1.82, 2.24) is 10.2 Å². The summed E-state index contributed by atoms with van der Waals surface area (Å²) in [6.45, 7) is 7.04. The molecule has 0 heterocycles. The normalized spacial score (nSPS) is 19.6. The van der Waals surface area contributed by atoms with Crippen molar-refractivity contribution in [2.45, 2.75) is 58.2 Å². The molecule has 0 amide bonds. The van der Waals surface area contributed by atoms with Gasteiger partial charge in [-0.15, -0.1) is 0 Å². The van der Waals surface area contributed by atoms with E-state index in [1.54, 1.807) is 0 Å². The van der Waals surface area contributed by atoms with Gasteiger partial charge in [0, 0.05) is 18.6 Å². The number of nitrogens with one attached hydrogen (secondary N) is 1.